The minimum Gasteiger partial charge on any atom is -0.368 e. The third-order valence-corrected chi connectivity index (χ3v) is 5.33. The molecule has 0 radical (unpaired) electrons. The molecule has 1 heterocycles. The number of nitro benzene ring substituents is 1. The van der Waals surface area contributed by atoms with Gasteiger partial charge in [0.25, 0.3) is 11.6 Å². The maximum atomic E-state index is 12.2. The summed E-state index contributed by atoms with van der Waals surface area (Å²) in [5, 5.41) is 14.5. The summed E-state index contributed by atoms with van der Waals surface area (Å²) in [7, 11) is 0. The van der Waals surface area contributed by atoms with E-state index in [1.807, 2.05) is 11.0 Å². The number of hydrogen-bond donors (Lipinski definition) is 1. The molecule has 0 aromatic heterocycles. The smallest absolute Gasteiger partial charge is 0.293 e. The summed E-state index contributed by atoms with van der Waals surface area (Å²) in [5.74, 6) is -0.235. The zero-order valence-corrected chi connectivity index (χ0v) is 15.9. The van der Waals surface area contributed by atoms with Crippen molar-refractivity contribution < 1.29 is 9.72 Å². The first-order valence-corrected chi connectivity index (χ1v) is 9.67. The number of piperazine rings is 1. The highest BCUT2D eigenvalue weighted by Crippen LogP contribution is 2.31. The quantitative estimate of drug-likeness (QED) is 0.637. The van der Waals surface area contributed by atoms with Crippen LogP contribution in [0.1, 0.15) is 28.8 Å². The lowest BCUT2D eigenvalue weighted by atomic mass is 10.1. The van der Waals surface area contributed by atoms with E-state index in [0.29, 0.717) is 24.3 Å². The summed E-state index contributed by atoms with van der Waals surface area (Å²) in [5.41, 5.74) is 3.32. The monoisotopic (exact) mass is 380 g/mol. The molecule has 2 aliphatic rings. The van der Waals surface area contributed by atoms with Gasteiger partial charge >= 0.3 is 0 Å². The van der Waals surface area contributed by atoms with Crippen LogP contribution >= 0.6 is 0 Å². The number of anilines is 2. The molecule has 0 unspecified atom stereocenters. The minimum absolute atomic E-state index is 0.00699. The van der Waals surface area contributed by atoms with Gasteiger partial charge in [0.15, 0.2) is 0 Å². The second-order valence-corrected chi connectivity index (χ2v) is 7.52. The number of rotatable bonds is 5. The van der Waals surface area contributed by atoms with Crippen LogP contribution in [0.3, 0.4) is 0 Å². The van der Waals surface area contributed by atoms with Crippen LogP contribution in [0.15, 0.2) is 42.5 Å². The Morgan fingerprint density at radius 3 is 2.43 bits per heavy atom. The fourth-order valence-corrected chi connectivity index (χ4v) is 3.60. The lowest BCUT2D eigenvalue weighted by Gasteiger charge is -2.37. The fraction of sp³-hybridized carbons (Fsp3) is 0.381. The molecular formula is C21H24N4O3. The molecule has 1 saturated carbocycles. The first kappa shape index (κ1) is 18.3. The van der Waals surface area contributed by atoms with Crippen molar-refractivity contribution in [3.05, 3.63) is 63.7 Å². The van der Waals surface area contributed by atoms with Crippen LogP contribution in [-0.4, -0.2) is 43.1 Å². The van der Waals surface area contributed by atoms with E-state index in [1.54, 1.807) is 12.1 Å². The van der Waals surface area contributed by atoms with Gasteiger partial charge in [0.1, 0.15) is 5.69 Å². The Morgan fingerprint density at radius 1 is 1.07 bits per heavy atom. The lowest BCUT2D eigenvalue weighted by molar-refractivity contribution is -0.384. The minimum atomic E-state index is -0.393. The van der Waals surface area contributed by atoms with E-state index in [2.05, 4.69) is 35.3 Å². The van der Waals surface area contributed by atoms with Gasteiger partial charge in [-0.05, 0) is 49.6 Å². The number of amides is 1. The summed E-state index contributed by atoms with van der Waals surface area (Å²) in [6.07, 6.45) is 1.97. The molecule has 0 bridgehead atoms. The second kappa shape index (κ2) is 7.50. The van der Waals surface area contributed by atoms with E-state index in [4.69, 9.17) is 0 Å². The maximum absolute atomic E-state index is 12.2. The van der Waals surface area contributed by atoms with Crippen molar-refractivity contribution in [3.8, 4) is 0 Å². The number of hydrogen-bond acceptors (Lipinski definition) is 5. The van der Waals surface area contributed by atoms with Gasteiger partial charge in [-0.15, -0.1) is 0 Å². The number of benzene rings is 2. The van der Waals surface area contributed by atoms with E-state index in [0.717, 1.165) is 25.9 Å². The van der Waals surface area contributed by atoms with Gasteiger partial charge in [0.2, 0.25) is 0 Å². The van der Waals surface area contributed by atoms with E-state index in [1.165, 1.54) is 17.3 Å². The van der Waals surface area contributed by atoms with Gasteiger partial charge < -0.3 is 15.1 Å². The molecule has 1 aliphatic heterocycles. The molecule has 0 spiro atoms. The van der Waals surface area contributed by atoms with Gasteiger partial charge in [-0.25, -0.2) is 0 Å². The van der Waals surface area contributed by atoms with Crippen molar-refractivity contribution in [3.63, 3.8) is 0 Å². The molecule has 2 fully saturated rings. The van der Waals surface area contributed by atoms with Crippen molar-refractivity contribution >= 4 is 23.0 Å². The Labute approximate surface area is 164 Å². The Morgan fingerprint density at radius 2 is 1.79 bits per heavy atom. The van der Waals surface area contributed by atoms with E-state index >= 15 is 0 Å². The zero-order valence-electron chi connectivity index (χ0n) is 15.9. The van der Waals surface area contributed by atoms with Crippen molar-refractivity contribution in [1.82, 2.24) is 5.32 Å². The summed E-state index contributed by atoms with van der Waals surface area (Å²) >= 11 is 0. The number of carbonyl (C=O) groups is 1. The van der Waals surface area contributed by atoms with Gasteiger partial charge in [0, 0.05) is 49.5 Å². The first-order valence-electron chi connectivity index (χ1n) is 9.67. The van der Waals surface area contributed by atoms with Gasteiger partial charge in [-0.3, -0.25) is 14.9 Å². The van der Waals surface area contributed by atoms with Crippen molar-refractivity contribution in [2.45, 2.75) is 25.8 Å². The molecule has 146 valence electrons. The molecule has 2 aromatic carbocycles. The molecule has 1 aliphatic carbocycles. The molecule has 1 saturated heterocycles. The highest BCUT2D eigenvalue weighted by Gasteiger charge is 2.27. The van der Waals surface area contributed by atoms with Gasteiger partial charge in [0.05, 0.1) is 4.92 Å². The first-order chi connectivity index (χ1) is 13.5. The van der Waals surface area contributed by atoms with Crippen LogP contribution < -0.4 is 15.1 Å². The summed E-state index contributed by atoms with van der Waals surface area (Å²) in [4.78, 5) is 27.8. The van der Waals surface area contributed by atoms with Crippen LogP contribution in [0.2, 0.25) is 0 Å². The van der Waals surface area contributed by atoms with Crippen molar-refractivity contribution in [1.29, 1.82) is 0 Å². The third-order valence-electron chi connectivity index (χ3n) is 5.33. The Balaban J connectivity index is 1.49. The maximum Gasteiger partial charge on any atom is 0.293 e. The summed E-state index contributed by atoms with van der Waals surface area (Å²) < 4.78 is 0. The van der Waals surface area contributed by atoms with E-state index in [9.17, 15) is 14.9 Å². The molecule has 7 nitrogen and oxygen atoms in total. The highest BCUT2D eigenvalue weighted by atomic mass is 16.6. The predicted molar refractivity (Wildman–Crippen MR) is 109 cm³/mol. The summed E-state index contributed by atoms with van der Waals surface area (Å²) in [6.45, 7) is 5.06. The molecule has 4 rings (SSSR count). The largest absolute Gasteiger partial charge is 0.368 e. The number of nitrogens with zero attached hydrogens (tertiary/aromatic N) is 3. The topological polar surface area (TPSA) is 78.7 Å². The van der Waals surface area contributed by atoms with Crippen LogP contribution in [0.25, 0.3) is 0 Å². The zero-order chi connectivity index (χ0) is 19.7. The highest BCUT2D eigenvalue weighted by molar-refractivity contribution is 5.96. The van der Waals surface area contributed by atoms with E-state index < -0.39 is 4.92 Å². The number of carbonyl (C=O) groups excluding carboxylic acids is 1. The van der Waals surface area contributed by atoms with E-state index in [-0.39, 0.29) is 17.6 Å². The molecule has 28 heavy (non-hydrogen) atoms. The number of nitrogens with one attached hydrogen (secondary N) is 1. The van der Waals surface area contributed by atoms with Crippen molar-refractivity contribution in [2.24, 2.45) is 0 Å². The molecule has 1 N–H and O–H groups in total. The normalized spacial score (nSPS) is 16.8. The predicted octanol–water partition coefficient (Wildman–Crippen LogP) is 3.12. The molecule has 7 heteroatoms. The standard InChI is InChI=1S/C21H24N4O3/c1-15-3-2-4-18(13-15)23-9-11-24(12-10-23)19-8-5-16(14-20(19)25(27)28)21(26)22-17-6-7-17/h2-5,8,13-14,17H,6-7,9-12H2,1H3,(H,22,26). The van der Waals surface area contributed by atoms with Gasteiger partial charge in [-0.2, -0.15) is 0 Å². The average molecular weight is 380 g/mol. The number of nitro groups is 1. The third kappa shape index (κ3) is 3.93. The van der Waals surface area contributed by atoms with Gasteiger partial charge in [-0.1, -0.05) is 12.1 Å². The Hall–Kier alpha value is -3.09. The van der Waals surface area contributed by atoms with Crippen LogP contribution in [0.4, 0.5) is 17.1 Å². The molecule has 1 amide bonds. The fourth-order valence-electron chi connectivity index (χ4n) is 3.60. The van der Waals surface area contributed by atoms with Crippen LogP contribution in [0, 0.1) is 17.0 Å². The molecule has 0 atom stereocenters. The average Bonchev–Trinajstić information content (AvgIpc) is 3.51. The van der Waals surface area contributed by atoms with Crippen LogP contribution in [-0.2, 0) is 0 Å². The van der Waals surface area contributed by atoms with Crippen LogP contribution in [0.5, 0.6) is 0 Å². The molecular weight excluding hydrogens is 356 g/mol. The summed E-state index contributed by atoms with van der Waals surface area (Å²) in [6, 6.07) is 13.4. The lowest BCUT2D eigenvalue weighted by Crippen LogP contribution is -2.46. The Bertz CT molecular complexity index is 902. The Kier molecular flexibility index (Phi) is 4.90. The molecule has 2 aromatic rings. The number of aryl methyl sites for hydroxylation is 1. The SMILES string of the molecule is Cc1cccc(N2CCN(c3ccc(C(=O)NC4CC4)cc3[N+](=O)[O-])CC2)c1. The van der Waals surface area contributed by atoms with Crippen molar-refractivity contribution in [2.75, 3.05) is 36.0 Å². The second-order valence-electron chi connectivity index (χ2n) is 7.52.